The summed E-state index contributed by atoms with van der Waals surface area (Å²) in [5.74, 6) is -0.00570. The molecule has 2 aliphatic rings. The van der Waals surface area contributed by atoms with Gasteiger partial charge in [0.15, 0.2) is 5.82 Å². The van der Waals surface area contributed by atoms with E-state index in [1.54, 1.807) is 23.2 Å². The van der Waals surface area contributed by atoms with E-state index in [1.165, 1.54) is 0 Å². The lowest BCUT2D eigenvalue weighted by Crippen LogP contribution is -2.35. The number of carbonyl (C=O) groups excluding carboxylic acids is 2. The molecule has 158 valence electrons. The highest BCUT2D eigenvalue weighted by molar-refractivity contribution is 5.93. The maximum absolute atomic E-state index is 14.5. The Morgan fingerprint density at radius 3 is 2.73 bits per heavy atom. The number of aromatic nitrogens is 3. The van der Waals surface area contributed by atoms with Crippen molar-refractivity contribution >= 4 is 23.6 Å². The second kappa shape index (κ2) is 8.73. The number of hydrogen-bond acceptors (Lipinski definition) is 6. The summed E-state index contributed by atoms with van der Waals surface area (Å²) < 4.78 is 14.5. The first-order valence-electron chi connectivity index (χ1n) is 10.4. The summed E-state index contributed by atoms with van der Waals surface area (Å²) in [6.45, 7) is 0.613. The van der Waals surface area contributed by atoms with E-state index in [9.17, 15) is 14.0 Å². The van der Waals surface area contributed by atoms with Crippen LogP contribution >= 0.6 is 0 Å². The van der Waals surface area contributed by atoms with E-state index in [1.807, 2.05) is 0 Å². The lowest BCUT2D eigenvalue weighted by Gasteiger charge is -2.27. The van der Waals surface area contributed by atoms with Crippen molar-refractivity contribution in [1.29, 1.82) is 0 Å². The summed E-state index contributed by atoms with van der Waals surface area (Å²) in [6.07, 6.45) is 8.01. The molecule has 2 aromatic rings. The number of rotatable bonds is 5. The number of piperidine rings is 1. The topological polar surface area (TPSA) is 114 Å². The van der Waals surface area contributed by atoms with Gasteiger partial charge in [0.25, 0.3) is 0 Å². The first-order chi connectivity index (χ1) is 14.5. The second-order valence-electron chi connectivity index (χ2n) is 7.89. The standard InChI is InChI=1S/C21H25FN6O2/c22-16-12-25-21(26-15-6-4-13(5-7-15)20(23)30)27-19(16)14-8-9-24-17(11-14)28-10-2-1-3-18(28)29/h8-9,11-13,15H,1-7,10H2,(H2,23,30)(H,25,26,27). The Bertz CT molecular complexity index is 945. The van der Waals surface area contributed by atoms with E-state index < -0.39 is 5.82 Å². The second-order valence-corrected chi connectivity index (χ2v) is 7.89. The minimum absolute atomic E-state index is 0.0305. The molecule has 0 bridgehead atoms. The summed E-state index contributed by atoms with van der Waals surface area (Å²) in [4.78, 5) is 37.9. The van der Waals surface area contributed by atoms with Crippen LogP contribution in [-0.2, 0) is 9.59 Å². The molecule has 1 saturated heterocycles. The molecule has 2 aromatic heterocycles. The predicted octanol–water partition coefficient (Wildman–Crippen LogP) is 2.65. The third kappa shape index (κ3) is 4.39. The first kappa shape index (κ1) is 20.2. The first-order valence-corrected chi connectivity index (χ1v) is 10.4. The van der Waals surface area contributed by atoms with Gasteiger partial charge in [-0.1, -0.05) is 0 Å². The predicted molar refractivity (Wildman–Crippen MR) is 110 cm³/mol. The largest absolute Gasteiger partial charge is 0.369 e. The van der Waals surface area contributed by atoms with Gasteiger partial charge in [-0.25, -0.2) is 19.3 Å². The van der Waals surface area contributed by atoms with Crippen LogP contribution in [0.4, 0.5) is 16.2 Å². The van der Waals surface area contributed by atoms with Gasteiger partial charge in [0.1, 0.15) is 11.5 Å². The fraction of sp³-hybridized carbons (Fsp3) is 0.476. The molecule has 0 radical (unpaired) electrons. The number of hydrogen-bond donors (Lipinski definition) is 2. The molecule has 4 rings (SSSR count). The molecular formula is C21H25FN6O2. The zero-order chi connectivity index (χ0) is 21.1. The lowest BCUT2D eigenvalue weighted by atomic mass is 9.86. The summed E-state index contributed by atoms with van der Waals surface area (Å²) in [5.41, 5.74) is 6.08. The molecule has 1 aliphatic carbocycles. The number of primary amides is 1. The number of carbonyl (C=O) groups is 2. The Morgan fingerprint density at radius 2 is 2.00 bits per heavy atom. The lowest BCUT2D eigenvalue weighted by molar-refractivity contribution is -0.122. The fourth-order valence-electron chi connectivity index (χ4n) is 4.11. The summed E-state index contributed by atoms with van der Waals surface area (Å²) in [5, 5.41) is 3.24. The minimum Gasteiger partial charge on any atom is -0.369 e. The van der Waals surface area contributed by atoms with E-state index >= 15 is 0 Å². The molecule has 8 nitrogen and oxygen atoms in total. The van der Waals surface area contributed by atoms with Gasteiger partial charge in [-0.3, -0.25) is 14.5 Å². The van der Waals surface area contributed by atoms with Crippen LogP contribution in [-0.4, -0.2) is 39.4 Å². The molecule has 30 heavy (non-hydrogen) atoms. The number of anilines is 2. The van der Waals surface area contributed by atoms with Gasteiger partial charge in [0.05, 0.1) is 6.20 Å². The quantitative estimate of drug-likeness (QED) is 0.780. The van der Waals surface area contributed by atoms with Gasteiger partial charge in [-0.15, -0.1) is 0 Å². The summed E-state index contributed by atoms with van der Waals surface area (Å²) in [6, 6.07) is 3.47. The van der Waals surface area contributed by atoms with Crippen LogP contribution in [0.3, 0.4) is 0 Å². The summed E-state index contributed by atoms with van der Waals surface area (Å²) >= 11 is 0. The minimum atomic E-state index is -0.542. The van der Waals surface area contributed by atoms with Crippen LogP contribution in [0.5, 0.6) is 0 Å². The maximum Gasteiger partial charge on any atom is 0.228 e. The Hall–Kier alpha value is -3.10. The molecule has 3 heterocycles. The van der Waals surface area contributed by atoms with Gasteiger partial charge in [0.2, 0.25) is 17.8 Å². The van der Waals surface area contributed by atoms with Crippen molar-refractivity contribution in [3.05, 3.63) is 30.3 Å². The number of nitrogens with two attached hydrogens (primary N) is 1. The summed E-state index contributed by atoms with van der Waals surface area (Å²) in [7, 11) is 0. The van der Waals surface area contributed by atoms with E-state index in [4.69, 9.17) is 5.73 Å². The smallest absolute Gasteiger partial charge is 0.228 e. The molecule has 3 N–H and O–H groups in total. The van der Waals surface area contributed by atoms with E-state index in [0.29, 0.717) is 30.3 Å². The van der Waals surface area contributed by atoms with Gasteiger partial charge in [-0.2, -0.15) is 0 Å². The van der Waals surface area contributed by atoms with Gasteiger partial charge in [-0.05, 0) is 50.7 Å². The molecular weight excluding hydrogens is 387 g/mol. The molecule has 9 heteroatoms. The van der Waals surface area contributed by atoms with Crippen LogP contribution in [0.2, 0.25) is 0 Å². The van der Waals surface area contributed by atoms with Gasteiger partial charge in [0, 0.05) is 36.7 Å². The van der Waals surface area contributed by atoms with E-state index in [2.05, 4.69) is 20.3 Å². The highest BCUT2D eigenvalue weighted by Gasteiger charge is 2.25. The van der Waals surface area contributed by atoms with Gasteiger partial charge < -0.3 is 11.1 Å². The van der Waals surface area contributed by atoms with Gasteiger partial charge >= 0.3 is 0 Å². The Kier molecular flexibility index (Phi) is 5.87. The van der Waals surface area contributed by atoms with E-state index in [-0.39, 0.29) is 29.5 Å². The highest BCUT2D eigenvalue weighted by atomic mass is 19.1. The number of pyridine rings is 1. The number of nitrogens with one attached hydrogen (secondary N) is 1. The van der Waals surface area contributed by atoms with Crippen LogP contribution in [0, 0.1) is 11.7 Å². The Labute approximate surface area is 174 Å². The van der Waals surface area contributed by atoms with E-state index in [0.717, 1.165) is 44.7 Å². The number of amides is 2. The number of halogens is 1. The molecule has 0 spiro atoms. The monoisotopic (exact) mass is 412 g/mol. The Balaban J connectivity index is 1.52. The van der Waals surface area contributed by atoms with Crippen molar-refractivity contribution in [2.75, 3.05) is 16.8 Å². The highest BCUT2D eigenvalue weighted by Crippen LogP contribution is 2.28. The molecule has 0 aromatic carbocycles. The van der Waals surface area contributed by atoms with Crippen molar-refractivity contribution in [2.24, 2.45) is 11.7 Å². The average molecular weight is 412 g/mol. The molecule has 2 amide bonds. The van der Waals surface area contributed by atoms with Crippen LogP contribution in [0.1, 0.15) is 44.9 Å². The van der Waals surface area contributed by atoms with Crippen LogP contribution in [0.25, 0.3) is 11.3 Å². The molecule has 1 aliphatic heterocycles. The fourth-order valence-corrected chi connectivity index (χ4v) is 4.11. The van der Waals surface area contributed by atoms with Crippen molar-refractivity contribution in [3.63, 3.8) is 0 Å². The molecule has 0 unspecified atom stereocenters. The Morgan fingerprint density at radius 1 is 1.20 bits per heavy atom. The molecule has 0 atom stereocenters. The van der Waals surface area contributed by atoms with Crippen LogP contribution in [0.15, 0.2) is 24.5 Å². The van der Waals surface area contributed by atoms with Crippen molar-refractivity contribution < 1.29 is 14.0 Å². The van der Waals surface area contributed by atoms with Crippen molar-refractivity contribution in [2.45, 2.75) is 51.0 Å². The normalized spacial score (nSPS) is 22.0. The molecule has 2 fully saturated rings. The zero-order valence-corrected chi connectivity index (χ0v) is 16.7. The van der Waals surface area contributed by atoms with Crippen molar-refractivity contribution in [3.8, 4) is 11.3 Å². The number of nitrogens with zero attached hydrogens (tertiary/aromatic N) is 4. The molecule has 1 saturated carbocycles. The SMILES string of the molecule is NC(=O)C1CCC(Nc2ncc(F)c(-c3ccnc(N4CCCCC4=O)c3)n2)CC1. The van der Waals surface area contributed by atoms with Crippen molar-refractivity contribution in [1.82, 2.24) is 15.0 Å². The average Bonchev–Trinajstić information content (AvgIpc) is 2.76. The zero-order valence-electron chi connectivity index (χ0n) is 16.7. The maximum atomic E-state index is 14.5. The third-order valence-electron chi connectivity index (χ3n) is 5.83. The third-order valence-corrected chi connectivity index (χ3v) is 5.83. The van der Waals surface area contributed by atoms with Crippen LogP contribution < -0.4 is 16.0 Å².